The molecule has 0 aromatic heterocycles. The van der Waals surface area contributed by atoms with Gasteiger partial charge in [0.25, 0.3) is 0 Å². The molecule has 0 bridgehead atoms. The van der Waals surface area contributed by atoms with Crippen LogP contribution in [0.25, 0.3) is 0 Å². The van der Waals surface area contributed by atoms with Crippen LogP contribution in [0.4, 0.5) is 0 Å². The number of allylic oxidation sites excluding steroid dienone is 1. The number of hydrogen-bond donors (Lipinski definition) is 1. The zero-order chi connectivity index (χ0) is 12.1. The van der Waals surface area contributed by atoms with Crippen LogP contribution in [-0.2, 0) is 4.74 Å². The van der Waals surface area contributed by atoms with Crippen molar-refractivity contribution in [1.29, 1.82) is 0 Å². The van der Waals surface area contributed by atoms with Gasteiger partial charge in [-0.15, -0.1) is 0 Å². The molecular formula is C15H27NO. The van der Waals surface area contributed by atoms with Crippen LogP contribution < -0.4 is 5.32 Å². The molecule has 1 N–H and O–H groups in total. The van der Waals surface area contributed by atoms with Crippen molar-refractivity contribution in [3.8, 4) is 0 Å². The Morgan fingerprint density at radius 3 is 2.88 bits per heavy atom. The average Bonchev–Trinajstić information content (AvgIpc) is 2.26. The summed E-state index contributed by atoms with van der Waals surface area (Å²) in [6, 6.07) is 0.602. The summed E-state index contributed by atoms with van der Waals surface area (Å²) in [5.41, 5.74) is 0.295. The fourth-order valence-corrected chi connectivity index (χ4v) is 2.89. The second-order valence-corrected chi connectivity index (χ2v) is 5.96. The second kappa shape index (κ2) is 6.01. The van der Waals surface area contributed by atoms with Crippen LogP contribution >= 0.6 is 0 Å². The minimum Gasteiger partial charge on any atom is -0.375 e. The van der Waals surface area contributed by atoms with Crippen molar-refractivity contribution in [2.24, 2.45) is 5.92 Å². The fourth-order valence-electron chi connectivity index (χ4n) is 2.89. The van der Waals surface area contributed by atoms with Gasteiger partial charge in [0.2, 0.25) is 0 Å². The first kappa shape index (κ1) is 13.1. The molecule has 2 rings (SSSR count). The largest absolute Gasteiger partial charge is 0.375 e. The van der Waals surface area contributed by atoms with Gasteiger partial charge in [-0.2, -0.15) is 0 Å². The molecule has 1 aliphatic carbocycles. The second-order valence-electron chi connectivity index (χ2n) is 5.96. The molecule has 2 nitrogen and oxygen atoms in total. The van der Waals surface area contributed by atoms with Crippen LogP contribution in [0.3, 0.4) is 0 Å². The van der Waals surface area contributed by atoms with Crippen molar-refractivity contribution < 1.29 is 4.74 Å². The van der Waals surface area contributed by atoms with Crippen molar-refractivity contribution in [2.75, 3.05) is 13.2 Å². The van der Waals surface area contributed by atoms with Crippen LogP contribution in [-0.4, -0.2) is 24.8 Å². The monoisotopic (exact) mass is 237 g/mol. The number of ether oxygens (including phenoxy) is 1. The molecule has 98 valence electrons. The Morgan fingerprint density at radius 2 is 2.24 bits per heavy atom. The SMILES string of the molecule is CC(C)NCCC=CC1CCOC2(CCC2)C1. The van der Waals surface area contributed by atoms with E-state index in [9.17, 15) is 0 Å². The lowest BCUT2D eigenvalue weighted by molar-refractivity contribution is -0.137. The van der Waals surface area contributed by atoms with Crippen LogP contribution in [0.5, 0.6) is 0 Å². The van der Waals surface area contributed by atoms with Crippen LogP contribution in [0.15, 0.2) is 12.2 Å². The van der Waals surface area contributed by atoms with Crippen molar-refractivity contribution >= 4 is 0 Å². The standard InChI is InChI=1S/C15H27NO/c1-13(2)16-10-4-3-6-14-7-11-17-15(12-14)8-5-9-15/h3,6,13-14,16H,4-5,7-12H2,1-2H3. The van der Waals surface area contributed by atoms with Crippen molar-refractivity contribution in [2.45, 2.75) is 64.0 Å². The van der Waals surface area contributed by atoms with E-state index < -0.39 is 0 Å². The molecule has 0 aromatic carbocycles. The Labute approximate surface area is 106 Å². The van der Waals surface area contributed by atoms with Crippen molar-refractivity contribution in [3.05, 3.63) is 12.2 Å². The first-order chi connectivity index (χ1) is 8.20. The van der Waals surface area contributed by atoms with Gasteiger partial charge in [0, 0.05) is 12.6 Å². The predicted octanol–water partition coefficient (Wildman–Crippen LogP) is 3.28. The normalized spacial score (nSPS) is 27.8. The minimum atomic E-state index is 0.295. The summed E-state index contributed by atoms with van der Waals surface area (Å²) in [6.45, 7) is 6.47. The third-order valence-corrected chi connectivity index (χ3v) is 4.07. The molecule has 2 heteroatoms. The number of rotatable bonds is 5. The van der Waals surface area contributed by atoms with Crippen LogP contribution in [0, 0.1) is 5.92 Å². The van der Waals surface area contributed by atoms with Gasteiger partial charge in [-0.25, -0.2) is 0 Å². The quantitative estimate of drug-likeness (QED) is 0.585. The molecule has 1 saturated carbocycles. The summed E-state index contributed by atoms with van der Waals surface area (Å²) >= 11 is 0. The molecule has 2 aliphatic rings. The van der Waals surface area contributed by atoms with Gasteiger partial charge in [-0.1, -0.05) is 26.0 Å². The summed E-state index contributed by atoms with van der Waals surface area (Å²) < 4.78 is 5.94. The maximum Gasteiger partial charge on any atom is 0.0688 e. The number of hydrogen-bond acceptors (Lipinski definition) is 2. The molecule has 2 fully saturated rings. The van der Waals surface area contributed by atoms with E-state index in [1.165, 1.54) is 32.1 Å². The van der Waals surface area contributed by atoms with E-state index in [0.29, 0.717) is 11.6 Å². The van der Waals surface area contributed by atoms with E-state index in [4.69, 9.17) is 4.74 Å². The lowest BCUT2D eigenvalue weighted by atomic mass is 9.72. The van der Waals surface area contributed by atoms with E-state index in [2.05, 4.69) is 31.3 Å². The van der Waals surface area contributed by atoms with Gasteiger partial charge in [-0.05, 0) is 51.0 Å². The van der Waals surface area contributed by atoms with E-state index in [1.54, 1.807) is 0 Å². The molecule has 0 radical (unpaired) electrons. The Hall–Kier alpha value is -0.340. The molecule has 1 aliphatic heterocycles. The molecule has 0 aromatic rings. The van der Waals surface area contributed by atoms with Gasteiger partial charge >= 0.3 is 0 Å². The van der Waals surface area contributed by atoms with Gasteiger partial charge in [0.05, 0.1) is 5.60 Å². The first-order valence-corrected chi connectivity index (χ1v) is 7.24. The number of nitrogens with one attached hydrogen (secondary N) is 1. The Morgan fingerprint density at radius 1 is 1.41 bits per heavy atom. The van der Waals surface area contributed by atoms with E-state index in [1.807, 2.05) is 0 Å². The van der Waals surface area contributed by atoms with Crippen molar-refractivity contribution in [1.82, 2.24) is 5.32 Å². The molecule has 1 spiro atoms. The van der Waals surface area contributed by atoms with Gasteiger partial charge in [0.1, 0.15) is 0 Å². The average molecular weight is 237 g/mol. The van der Waals surface area contributed by atoms with E-state index in [0.717, 1.165) is 25.5 Å². The fraction of sp³-hybridized carbons (Fsp3) is 0.867. The highest BCUT2D eigenvalue weighted by Crippen LogP contribution is 2.44. The van der Waals surface area contributed by atoms with Crippen molar-refractivity contribution in [3.63, 3.8) is 0 Å². The van der Waals surface area contributed by atoms with Gasteiger partial charge < -0.3 is 10.1 Å². The van der Waals surface area contributed by atoms with Gasteiger partial charge in [-0.3, -0.25) is 0 Å². The van der Waals surface area contributed by atoms with E-state index >= 15 is 0 Å². The highest BCUT2D eigenvalue weighted by molar-refractivity contribution is 5.00. The summed E-state index contributed by atoms with van der Waals surface area (Å²) in [4.78, 5) is 0. The lowest BCUT2D eigenvalue weighted by Gasteiger charge is -2.46. The smallest absolute Gasteiger partial charge is 0.0688 e. The zero-order valence-corrected chi connectivity index (χ0v) is 11.4. The van der Waals surface area contributed by atoms with Crippen LogP contribution in [0.1, 0.15) is 52.4 Å². The minimum absolute atomic E-state index is 0.295. The van der Waals surface area contributed by atoms with E-state index in [-0.39, 0.29) is 0 Å². The summed E-state index contributed by atoms with van der Waals surface area (Å²) in [6.07, 6.45) is 12.4. The summed E-state index contributed by atoms with van der Waals surface area (Å²) in [5.74, 6) is 0.767. The molecular weight excluding hydrogens is 210 g/mol. The Bertz CT molecular complexity index is 256. The topological polar surface area (TPSA) is 21.3 Å². The Balaban J connectivity index is 1.66. The van der Waals surface area contributed by atoms with Crippen LogP contribution in [0.2, 0.25) is 0 Å². The highest BCUT2D eigenvalue weighted by atomic mass is 16.5. The van der Waals surface area contributed by atoms with Gasteiger partial charge in [0.15, 0.2) is 0 Å². The predicted molar refractivity (Wildman–Crippen MR) is 72.2 cm³/mol. The summed E-state index contributed by atoms with van der Waals surface area (Å²) in [7, 11) is 0. The lowest BCUT2D eigenvalue weighted by Crippen LogP contribution is -2.45. The summed E-state index contributed by atoms with van der Waals surface area (Å²) in [5, 5.41) is 3.45. The molecule has 1 unspecified atom stereocenters. The molecule has 17 heavy (non-hydrogen) atoms. The maximum absolute atomic E-state index is 5.94. The third-order valence-electron chi connectivity index (χ3n) is 4.07. The molecule has 1 atom stereocenters. The molecule has 1 heterocycles. The highest BCUT2D eigenvalue weighted by Gasteiger charge is 2.41. The maximum atomic E-state index is 5.94. The molecule has 1 saturated heterocycles. The Kier molecular flexibility index (Phi) is 4.63. The third kappa shape index (κ3) is 3.82. The first-order valence-electron chi connectivity index (χ1n) is 7.24. The zero-order valence-electron chi connectivity index (χ0n) is 11.4. The molecule has 0 amide bonds.